The minimum Gasteiger partial charge on any atom is -0.494 e. The van der Waals surface area contributed by atoms with Crippen LogP contribution < -0.4 is 14.4 Å². The van der Waals surface area contributed by atoms with Crippen LogP contribution >= 0.6 is 0 Å². The number of hydrogen-bond donors (Lipinski definition) is 1. The lowest BCUT2D eigenvalue weighted by Crippen LogP contribution is -2.40. The van der Waals surface area contributed by atoms with Crippen LogP contribution in [0.25, 0.3) is 0 Å². The van der Waals surface area contributed by atoms with Crippen LogP contribution in [-0.2, 0) is 21.4 Å². The van der Waals surface area contributed by atoms with E-state index in [2.05, 4.69) is 5.32 Å². The molecular weight excluding hydrogens is 436 g/mol. The van der Waals surface area contributed by atoms with Gasteiger partial charge in [0.1, 0.15) is 12.3 Å². The molecule has 0 spiro atoms. The zero-order valence-corrected chi connectivity index (χ0v) is 20.3. The van der Waals surface area contributed by atoms with Gasteiger partial charge in [0.15, 0.2) is 0 Å². The van der Waals surface area contributed by atoms with Crippen LogP contribution in [0.2, 0.25) is 0 Å². The third kappa shape index (κ3) is 6.35. The molecule has 0 saturated heterocycles. The van der Waals surface area contributed by atoms with E-state index in [1.807, 2.05) is 58.0 Å². The molecule has 3 aromatic rings. The van der Waals surface area contributed by atoms with Crippen molar-refractivity contribution in [2.75, 3.05) is 17.5 Å². The lowest BCUT2D eigenvalue weighted by Gasteiger charge is -2.25. The summed E-state index contributed by atoms with van der Waals surface area (Å²) >= 11 is 0. The zero-order chi connectivity index (χ0) is 24.0. The number of anilines is 1. The fraction of sp³-hybridized carbons (Fsp3) is 0.269. The van der Waals surface area contributed by atoms with Crippen LogP contribution in [0.1, 0.15) is 29.2 Å². The van der Waals surface area contributed by atoms with Crippen molar-refractivity contribution in [3.8, 4) is 5.75 Å². The Morgan fingerprint density at radius 1 is 0.909 bits per heavy atom. The van der Waals surface area contributed by atoms with E-state index >= 15 is 0 Å². The molecule has 3 rings (SSSR count). The Hall–Kier alpha value is -3.32. The van der Waals surface area contributed by atoms with E-state index in [0.717, 1.165) is 28.0 Å². The highest BCUT2D eigenvalue weighted by molar-refractivity contribution is 7.92. The standard InChI is InChI=1S/C26H30N2O4S/c1-5-32-24-8-6-7-22(16-24)17-27-26(29)18-28(23-14-20(3)13-21(4)15-23)33(30,31)25-11-9-19(2)10-12-25/h6-16H,5,17-18H2,1-4H3,(H,27,29). The third-order valence-electron chi connectivity index (χ3n) is 5.09. The number of carbonyl (C=O) groups excluding carboxylic acids is 1. The fourth-order valence-corrected chi connectivity index (χ4v) is 4.95. The number of amides is 1. The first-order valence-electron chi connectivity index (χ1n) is 10.8. The second kappa shape index (κ2) is 10.5. The highest BCUT2D eigenvalue weighted by Crippen LogP contribution is 2.26. The van der Waals surface area contributed by atoms with Crippen molar-refractivity contribution < 1.29 is 17.9 Å². The van der Waals surface area contributed by atoms with E-state index in [1.165, 1.54) is 4.31 Å². The summed E-state index contributed by atoms with van der Waals surface area (Å²) in [7, 11) is -3.94. The maximum Gasteiger partial charge on any atom is 0.264 e. The molecule has 0 atom stereocenters. The molecule has 0 aromatic heterocycles. The Morgan fingerprint density at radius 2 is 1.58 bits per heavy atom. The smallest absolute Gasteiger partial charge is 0.264 e. The predicted molar refractivity (Wildman–Crippen MR) is 131 cm³/mol. The lowest BCUT2D eigenvalue weighted by molar-refractivity contribution is -0.119. The fourth-order valence-electron chi connectivity index (χ4n) is 3.55. The minimum atomic E-state index is -3.94. The second-order valence-corrected chi connectivity index (χ2v) is 9.89. The first kappa shape index (κ1) is 24.3. The highest BCUT2D eigenvalue weighted by Gasteiger charge is 2.27. The summed E-state index contributed by atoms with van der Waals surface area (Å²) in [6.45, 7) is 8.10. The third-order valence-corrected chi connectivity index (χ3v) is 6.88. The van der Waals surface area contributed by atoms with Crippen LogP contribution in [-0.4, -0.2) is 27.5 Å². The molecule has 0 bridgehead atoms. The first-order chi connectivity index (χ1) is 15.7. The van der Waals surface area contributed by atoms with Gasteiger partial charge in [-0.05, 0) is 80.8 Å². The number of rotatable bonds is 9. The molecule has 0 saturated carbocycles. The first-order valence-corrected chi connectivity index (χ1v) is 12.3. The molecule has 33 heavy (non-hydrogen) atoms. The number of sulfonamides is 1. The molecule has 7 heteroatoms. The Labute approximate surface area is 196 Å². The van der Waals surface area contributed by atoms with Gasteiger partial charge in [0.25, 0.3) is 10.0 Å². The van der Waals surface area contributed by atoms with Crippen molar-refractivity contribution in [1.29, 1.82) is 0 Å². The Kier molecular flexibility index (Phi) is 7.76. The lowest BCUT2D eigenvalue weighted by atomic mass is 10.1. The van der Waals surface area contributed by atoms with Gasteiger partial charge < -0.3 is 10.1 Å². The van der Waals surface area contributed by atoms with E-state index in [4.69, 9.17) is 4.74 Å². The van der Waals surface area contributed by atoms with Gasteiger partial charge in [-0.2, -0.15) is 0 Å². The normalized spacial score (nSPS) is 11.2. The van der Waals surface area contributed by atoms with Crippen LogP contribution in [0.3, 0.4) is 0 Å². The van der Waals surface area contributed by atoms with Crippen LogP contribution in [0.15, 0.2) is 71.6 Å². The molecular formula is C26H30N2O4S. The van der Waals surface area contributed by atoms with Crippen LogP contribution in [0.4, 0.5) is 5.69 Å². The van der Waals surface area contributed by atoms with Crippen LogP contribution in [0.5, 0.6) is 5.75 Å². The van der Waals surface area contributed by atoms with Crippen LogP contribution in [0, 0.1) is 20.8 Å². The quantitative estimate of drug-likeness (QED) is 0.503. The number of nitrogens with one attached hydrogen (secondary N) is 1. The molecule has 0 heterocycles. The summed E-state index contributed by atoms with van der Waals surface area (Å²) in [6.07, 6.45) is 0. The van der Waals surface area contributed by atoms with E-state index < -0.39 is 15.9 Å². The van der Waals surface area contributed by atoms with Gasteiger partial charge in [0.2, 0.25) is 5.91 Å². The van der Waals surface area contributed by atoms with Crippen molar-refractivity contribution in [3.05, 3.63) is 89.0 Å². The average Bonchev–Trinajstić information content (AvgIpc) is 2.76. The SMILES string of the molecule is CCOc1cccc(CNC(=O)CN(c2cc(C)cc(C)c2)S(=O)(=O)c2ccc(C)cc2)c1. The highest BCUT2D eigenvalue weighted by atomic mass is 32.2. The molecule has 0 fully saturated rings. The molecule has 0 aliphatic carbocycles. The van der Waals surface area contributed by atoms with Gasteiger partial charge in [-0.3, -0.25) is 9.10 Å². The largest absolute Gasteiger partial charge is 0.494 e. The number of benzene rings is 3. The molecule has 0 unspecified atom stereocenters. The van der Waals surface area contributed by atoms with E-state index in [-0.39, 0.29) is 18.0 Å². The summed E-state index contributed by atoms with van der Waals surface area (Å²) in [5.74, 6) is 0.328. The molecule has 1 N–H and O–H groups in total. The van der Waals surface area contributed by atoms with Crippen molar-refractivity contribution in [3.63, 3.8) is 0 Å². The number of nitrogens with zero attached hydrogens (tertiary/aromatic N) is 1. The second-order valence-electron chi connectivity index (χ2n) is 8.03. The summed E-state index contributed by atoms with van der Waals surface area (Å²) < 4.78 is 33.7. The minimum absolute atomic E-state index is 0.143. The van der Waals surface area contributed by atoms with E-state index in [0.29, 0.717) is 12.3 Å². The van der Waals surface area contributed by atoms with Gasteiger partial charge in [-0.25, -0.2) is 8.42 Å². The van der Waals surface area contributed by atoms with Gasteiger partial charge >= 0.3 is 0 Å². The van der Waals surface area contributed by atoms with Crippen molar-refractivity contribution in [2.45, 2.75) is 39.1 Å². The van der Waals surface area contributed by atoms with Gasteiger partial charge in [-0.15, -0.1) is 0 Å². The number of ether oxygens (including phenoxy) is 1. The van der Waals surface area contributed by atoms with Gasteiger partial charge in [0.05, 0.1) is 17.2 Å². The monoisotopic (exact) mass is 466 g/mol. The van der Waals surface area contributed by atoms with Crippen molar-refractivity contribution in [2.24, 2.45) is 0 Å². The number of hydrogen-bond acceptors (Lipinski definition) is 4. The molecule has 1 amide bonds. The molecule has 0 aliphatic heterocycles. The molecule has 3 aromatic carbocycles. The maximum absolute atomic E-state index is 13.5. The van der Waals surface area contributed by atoms with Gasteiger partial charge in [0, 0.05) is 6.54 Å². The van der Waals surface area contributed by atoms with E-state index in [1.54, 1.807) is 36.4 Å². The zero-order valence-electron chi connectivity index (χ0n) is 19.5. The number of aryl methyl sites for hydroxylation is 3. The molecule has 6 nitrogen and oxygen atoms in total. The molecule has 0 radical (unpaired) electrons. The van der Waals surface area contributed by atoms with E-state index in [9.17, 15) is 13.2 Å². The maximum atomic E-state index is 13.5. The average molecular weight is 467 g/mol. The Bertz CT molecular complexity index is 1200. The molecule has 0 aliphatic rings. The van der Waals surface area contributed by atoms with Crippen molar-refractivity contribution in [1.82, 2.24) is 5.32 Å². The Morgan fingerprint density at radius 3 is 2.21 bits per heavy atom. The summed E-state index contributed by atoms with van der Waals surface area (Å²) in [4.78, 5) is 13.0. The number of carbonyl (C=O) groups is 1. The van der Waals surface area contributed by atoms with Crippen molar-refractivity contribution >= 4 is 21.6 Å². The summed E-state index contributed by atoms with van der Waals surface area (Å²) in [5.41, 5.74) is 4.12. The summed E-state index contributed by atoms with van der Waals surface area (Å²) in [5, 5.41) is 2.83. The topological polar surface area (TPSA) is 75.7 Å². The molecule has 174 valence electrons. The summed E-state index contributed by atoms with van der Waals surface area (Å²) in [6, 6.07) is 19.6. The Balaban J connectivity index is 1.86. The predicted octanol–water partition coefficient (Wildman–Crippen LogP) is 4.52. The van der Waals surface area contributed by atoms with Gasteiger partial charge in [-0.1, -0.05) is 35.9 Å².